The number of aryl methyl sites for hydroxylation is 1. The van der Waals surface area contributed by atoms with Crippen LogP contribution >= 0.6 is 11.3 Å². The number of carbonyl (C=O) groups is 4. The zero-order valence-electron chi connectivity index (χ0n) is 26.0. The largest absolute Gasteiger partial charge is 0.382 e. The molecule has 0 spiro atoms. The van der Waals surface area contributed by atoms with Crippen molar-refractivity contribution in [1.29, 1.82) is 0 Å². The smallest absolute Gasteiger partial charge is 0.267 e. The third-order valence-corrected chi connectivity index (χ3v) is 8.66. The molecule has 0 fully saturated rings. The second kappa shape index (κ2) is 18.0. The lowest BCUT2D eigenvalue weighted by atomic mass is 9.91. The summed E-state index contributed by atoms with van der Waals surface area (Å²) in [5.41, 5.74) is -1.66. The average molecular weight is 671 g/mol. The number of nitrogens with zero attached hydrogens (tertiary/aromatic N) is 1. The molecule has 1 aromatic carbocycles. The molecule has 1 heterocycles. The molecule has 1 aromatic heterocycles. The maximum Gasteiger partial charge on any atom is 0.267 e. The van der Waals surface area contributed by atoms with Crippen LogP contribution in [0.5, 0.6) is 0 Å². The molecule has 0 bridgehead atoms. The summed E-state index contributed by atoms with van der Waals surface area (Å²) in [7, 11) is -1.35. The van der Waals surface area contributed by atoms with Crippen LogP contribution in [0.1, 0.15) is 46.9 Å². The van der Waals surface area contributed by atoms with Crippen LogP contribution in [0, 0.1) is 6.92 Å². The van der Waals surface area contributed by atoms with Crippen molar-refractivity contribution in [3.05, 3.63) is 52.0 Å². The summed E-state index contributed by atoms with van der Waals surface area (Å²) in [4.78, 5) is 57.2. The van der Waals surface area contributed by atoms with E-state index in [9.17, 15) is 32.7 Å². The SMILES string of the molecule is CCCCS(=O)(=O)OCC(C)(O)C(=O)C(Cc1ccccc1)NC(=O)C(COC)NC(=O)C(COC)NC(=O)c1cnc(C)s1. The Morgan fingerprint density at radius 3 is 2.09 bits per heavy atom. The molecule has 2 aromatic rings. The lowest BCUT2D eigenvalue weighted by molar-refractivity contribution is -0.143. The molecule has 0 saturated carbocycles. The number of rotatable bonds is 20. The van der Waals surface area contributed by atoms with Gasteiger partial charge >= 0.3 is 0 Å². The van der Waals surface area contributed by atoms with Crippen molar-refractivity contribution in [1.82, 2.24) is 20.9 Å². The highest BCUT2D eigenvalue weighted by Crippen LogP contribution is 2.16. The molecule has 45 heavy (non-hydrogen) atoms. The summed E-state index contributed by atoms with van der Waals surface area (Å²) < 4.78 is 39.6. The second-order valence-electron chi connectivity index (χ2n) is 10.5. The number of unbranched alkanes of at least 4 members (excludes halogenated alkanes) is 1. The van der Waals surface area contributed by atoms with Gasteiger partial charge in [0.15, 0.2) is 5.78 Å². The highest BCUT2D eigenvalue weighted by atomic mass is 32.2. The minimum Gasteiger partial charge on any atom is -0.382 e. The lowest BCUT2D eigenvalue weighted by Crippen LogP contribution is -2.60. The van der Waals surface area contributed by atoms with Gasteiger partial charge in [-0.1, -0.05) is 43.7 Å². The Labute approximate surface area is 267 Å². The van der Waals surface area contributed by atoms with E-state index in [1.807, 2.05) is 6.92 Å². The van der Waals surface area contributed by atoms with Gasteiger partial charge in [0.25, 0.3) is 16.0 Å². The van der Waals surface area contributed by atoms with Gasteiger partial charge in [0.05, 0.1) is 36.2 Å². The molecule has 4 atom stereocenters. The van der Waals surface area contributed by atoms with E-state index in [0.29, 0.717) is 23.4 Å². The van der Waals surface area contributed by atoms with Gasteiger partial charge in [-0.3, -0.25) is 23.4 Å². The normalized spacial score (nSPS) is 14.9. The minimum absolute atomic E-state index is 0.0611. The molecule has 250 valence electrons. The number of methoxy groups -OCH3 is 2. The van der Waals surface area contributed by atoms with E-state index in [0.717, 1.165) is 18.3 Å². The fourth-order valence-electron chi connectivity index (χ4n) is 4.03. The number of nitrogens with one attached hydrogen (secondary N) is 3. The number of hydrogen-bond acceptors (Lipinski definition) is 12. The Kier molecular flexibility index (Phi) is 15.2. The minimum atomic E-state index is -4.00. The number of benzene rings is 1. The maximum absolute atomic E-state index is 13.6. The molecular formula is C29H42N4O10S2. The quantitative estimate of drug-likeness (QED) is 0.143. The van der Waals surface area contributed by atoms with Crippen LogP contribution in [0.4, 0.5) is 0 Å². The zero-order chi connectivity index (χ0) is 33.6. The fourth-order valence-corrected chi connectivity index (χ4v) is 5.88. The van der Waals surface area contributed by atoms with Crippen LogP contribution in [0.25, 0.3) is 0 Å². The van der Waals surface area contributed by atoms with Gasteiger partial charge in [-0.15, -0.1) is 11.3 Å². The molecular weight excluding hydrogens is 628 g/mol. The number of aromatic nitrogens is 1. The first-order chi connectivity index (χ1) is 21.2. The number of ketones is 1. The monoisotopic (exact) mass is 670 g/mol. The van der Waals surface area contributed by atoms with Gasteiger partial charge in [0, 0.05) is 14.2 Å². The lowest BCUT2D eigenvalue weighted by Gasteiger charge is -2.29. The first-order valence-corrected chi connectivity index (χ1v) is 16.6. The van der Waals surface area contributed by atoms with Crippen molar-refractivity contribution < 1.29 is 46.4 Å². The first kappa shape index (κ1) is 37.9. The summed E-state index contributed by atoms with van der Waals surface area (Å²) in [6.45, 7) is 3.27. The van der Waals surface area contributed by atoms with E-state index in [1.54, 1.807) is 37.3 Å². The van der Waals surface area contributed by atoms with Crippen molar-refractivity contribution in [2.75, 3.05) is 39.8 Å². The van der Waals surface area contributed by atoms with E-state index in [-0.39, 0.29) is 30.3 Å². The number of ether oxygens (including phenoxy) is 2. The van der Waals surface area contributed by atoms with Gasteiger partial charge in [0.1, 0.15) is 29.2 Å². The van der Waals surface area contributed by atoms with Gasteiger partial charge in [-0.05, 0) is 32.3 Å². The van der Waals surface area contributed by atoms with Gasteiger partial charge in [0.2, 0.25) is 11.8 Å². The van der Waals surface area contributed by atoms with E-state index in [1.165, 1.54) is 20.4 Å². The molecule has 3 amide bonds. The third kappa shape index (κ3) is 12.6. The van der Waals surface area contributed by atoms with Crippen molar-refractivity contribution in [3.8, 4) is 0 Å². The van der Waals surface area contributed by atoms with Crippen molar-refractivity contribution in [3.63, 3.8) is 0 Å². The van der Waals surface area contributed by atoms with E-state index in [2.05, 4.69) is 20.9 Å². The summed E-state index contributed by atoms with van der Waals surface area (Å²) >= 11 is 1.14. The van der Waals surface area contributed by atoms with Gasteiger partial charge < -0.3 is 30.5 Å². The van der Waals surface area contributed by atoms with Gasteiger partial charge in [-0.25, -0.2) is 4.98 Å². The topological polar surface area (TPSA) is 199 Å². The molecule has 0 aliphatic carbocycles. The second-order valence-corrected chi connectivity index (χ2v) is 13.5. The Morgan fingerprint density at radius 2 is 1.56 bits per heavy atom. The molecule has 0 saturated heterocycles. The number of amides is 3. The van der Waals surface area contributed by atoms with Crippen LogP contribution < -0.4 is 16.0 Å². The number of Topliss-reactive ketones (excluding diaryl/α,β-unsaturated/α-hetero) is 1. The highest BCUT2D eigenvalue weighted by Gasteiger charge is 2.39. The predicted octanol–water partition coefficient (Wildman–Crippen LogP) is 0.522. The van der Waals surface area contributed by atoms with E-state index in [4.69, 9.17) is 13.7 Å². The standard InChI is InChI=1S/C29H42N4O10S2/c1-6-7-13-45(39,40)43-18-29(3,38)25(34)21(14-20-11-9-8-10-12-20)31-26(35)22(16-41-4)32-27(36)23(17-42-5)33-28(37)24-15-30-19(2)44-24/h8-12,15,21-23,38H,6-7,13-14,16-18H2,1-5H3,(H,31,35)(H,32,36)(H,33,37). The molecule has 0 radical (unpaired) electrons. The Balaban J connectivity index is 2.24. The third-order valence-electron chi connectivity index (χ3n) is 6.48. The van der Waals surface area contributed by atoms with Crippen LogP contribution in [0.15, 0.2) is 36.5 Å². The Morgan fingerprint density at radius 1 is 0.978 bits per heavy atom. The molecule has 0 aliphatic heterocycles. The molecule has 4 unspecified atom stereocenters. The Bertz CT molecular complexity index is 1380. The maximum atomic E-state index is 13.6. The van der Waals surface area contributed by atoms with Crippen LogP contribution in [0.3, 0.4) is 0 Å². The average Bonchev–Trinajstić information content (AvgIpc) is 3.44. The molecule has 16 heteroatoms. The van der Waals surface area contributed by atoms with E-state index < -0.39 is 64.0 Å². The van der Waals surface area contributed by atoms with Gasteiger partial charge in [-0.2, -0.15) is 8.42 Å². The highest BCUT2D eigenvalue weighted by molar-refractivity contribution is 7.86. The van der Waals surface area contributed by atoms with Crippen LogP contribution in [-0.2, 0) is 44.6 Å². The molecule has 14 nitrogen and oxygen atoms in total. The number of carbonyl (C=O) groups excluding carboxylic acids is 4. The van der Waals surface area contributed by atoms with Crippen molar-refractivity contribution in [2.24, 2.45) is 0 Å². The molecule has 2 rings (SSSR count). The number of thiazole rings is 1. The molecule has 0 aliphatic rings. The first-order valence-electron chi connectivity index (χ1n) is 14.2. The van der Waals surface area contributed by atoms with Crippen molar-refractivity contribution >= 4 is 45.0 Å². The molecule has 4 N–H and O–H groups in total. The Hall–Kier alpha value is -3.28. The summed E-state index contributed by atoms with van der Waals surface area (Å²) in [5, 5.41) is 19.3. The fraction of sp³-hybridized carbons (Fsp3) is 0.552. The summed E-state index contributed by atoms with van der Waals surface area (Å²) in [6, 6.07) is 4.78. The van der Waals surface area contributed by atoms with Crippen LogP contribution in [0.2, 0.25) is 0 Å². The summed E-state index contributed by atoms with van der Waals surface area (Å²) in [5.74, 6) is -3.32. The predicted molar refractivity (Wildman–Crippen MR) is 166 cm³/mol. The van der Waals surface area contributed by atoms with Crippen molar-refractivity contribution in [2.45, 2.75) is 63.8 Å². The number of aliphatic hydroxyl groups is 1. The number of hydrogen-bond donors (Lipinski definition) is 4. The summed E-state index contributed by atoms with van der Waals surface area (Å²) in [6.07, 6.45) is 2.27. The van der Waals surface area contributed by atoms with E-state index >= 15 is 0 Å². The zero-order valence-corrected chi connectivity index (χ0v) is 27.7. The van der Waals surface area contributed by atoms with Crippen LogP contribution in [-0.4, -0.2) is 106 Å².